The third-order valence-corrected chi connectivity index (χ3v) is 4.87. The summed E-state index contributed by atoms with van der Waals surface area (Å²) < 4.78 is 5.85. The van der Waals surface area contributed by atoms with Crippen molar-refractivity contribution in [3.8, 4) is 5.75 Å². The van der Waals surface area contributed by atoms with Crippen LogP contribution in [-0.4, -0.2) is 54.4 Å². The van der Waals surface area contributed by atoms with Crippen LogP contribution < -0.4 is 4.74 Å². The standard InChI is InChI=1S/C20H30N2O3/c1-14(2)20(24)22-10-6-9-21(11-12-22)18(23)13-25-19-16(4)8-7-15(3)17(19)5/h7-8,14H,6,9-13H2,1-5H3. The zero-order chi connectivity index (χ0) is 18.6. The molecule has 0 radical (unpaired) electrons. The first-order chi connectivity index (χ1) is 11.8. The van der Waals surface area contributed by atoms with Crippen LogP contribution in [0, 0.1) is 26.7 Å². The summed E-state index contributed by atoms with van der Waals surface area (Å²) in [5.74, 6) is 0.952. The number of hydrogen-bond acceptors (Lipinski definition) is 3. The maximum absolute atomic E-state index is 12.5. The van der Waals surface area contributed by atoms with E-state index in [1.54, 1.807) is 0 Å². The Morgan fingerprint density at radius 2 is 1.60 bits per heavy atom. The van der Waals surface area contributed by atoms with E-state index in [0.717, 1.165) is 35.4 Å². The van der Waals surface area contributed by atoms with E-state index >= 15 is 0 Å². The number of benzene rings is 1. The van der Waals surface area contributed by atoms with Gasteiger partial charge in [0, 0.05) is 32.1 Å². The molecule has 2 rings (SSSR count). The summed E-state index contributed by atoms with van der Waals surface area (Å²) >= 11 is 0. The van der Waals surface area contributed by atoms with E-state index in [1.165, 1.54) is 0 Å². The van der Waals surface area contributed by atoms with Crippen molar-refractivity contribution in [1.29, 1.82) is 0 Å². The zero-order valence-corrected chi connectivity index (χ0v) is 16.1. The van der Waals surface area contributed by atoms with E-state index in [4.69, 9.17) is 4.74 Å². The van der Waals surface area contributed by atoms with Crippen LogP contribution in [0.4, 0.5) is 0 Å². The third kappa shape index (κ3) is 4.74. The second-order valence-electron chi connectivity index (χ2n) is 7.16. The highest BCUT2D eigenvalue weighted by Crippen LogP contribution is 2.25. The van der Waals surface area contributed by atoms with Gasteiger partial charge in [-0.1, -0.05) is 26.0 Å². The molecule has 0 aliphatic carbocycles. The molecule has 25 heavy (non-hydrogen) atoms. The van der Waals surface area contributed by atoms with Crippen molar-refractivity contribution in [3.63, 3.8) is 0 Å². The summed E-state index contributed by atoms with van der Waals surface area (Å²) in [5, 5.41) is 0. The largest absolute Gasteiger partial charge is 0.483 e. The summed E-state index contributed by atoms with van der Waals surface area (Å²) in [7, 11) is 0. The molecule has 1 aliphatic heterocycles. The van der Waals surface area contributed by atoms with Crippen molar-refractivity contribution in [3.05, 3.63) is 28.8 Å². The lowest BCUT2D eigenvalue weighted by Gasteiger charge is -2.24. The first-order valence-corrected chi connectivity index (χ1v) is 9.07. The Balaban J connectivity index is 1.94. The van der Waals surface area contributed by atoms with Crippen molar-refractivity contribution in [1.82, 2.24) is 9.80 Å². The predicted molar refractivity (Wildman–Crippen MR) is 98.8 cm³/mol. The Kier molecular flexibility index (Phi) is 6.45. The number of carbonyl (C=O) groups excluding carboxylic acids is 2. The van der Waals surface area contributed by atoms with Crippen molar-refractivity contribution in [2.45, 2.75) is 41.0 Å². The van der Waals surface area contributed by atoms with Gasteiger partial charge in [0.15, 0.2) is 6.61 Å². The van der Waals surface area contributed by atoms with E-state index in [-0.39, 0.29) is 24.3 Å². The summed E-state index contributed by atoms with van der Waals surface area (Å²) in [6.07, 6.45) is 0.812. The van der Waals surface area contributed by atoms with Gasteiger partial charge in [0.1, 0.15) is 5.75 Å². The van der Waals surface area contributed by atoms with Crippen LogP contribution in [0.2, 0.25) is 0 Å². The Hall–Kier alpha value is -2.04. The van der Waals surface area contributed by atoms with Crippen LogP contribution >= 0.6 is 0 Å². The van der Waals surface area contributed by atoms with Crippen molar-refractivity contribution in [2.24, 2.45) is 5.92 Å². The van der Waals surface area contributed by atoms with Crippen LogP contribution in [0.1, 0.15) is 37.0 Å². The molecule has 1 aliphatic rings. The topological polar surface area (TPSA) is 49.9 Å². The quantitative estimate of drug-likeness (QED) is 0.842. The number of aryl methyl sites for hydroxylation is 2. The fraction of sp³-hybridized carbons (Fsp3) is 0.600. The molecule has 5 heteroatoms. The number of nitrogens with zero attached hydrogens (tertiary/aromatic N) is 2. The first-order valence-electron chi connectivity index (χ1n) is 9.07. The highest BCUT2D eigenvalue weighted by molar-refractivity contribution is 5.79. The SMILES string of the molecule is Cc1ccc(C)c(OCC(=O)N2CCCN(C(=O)C(C)C)CC2)c1C. The molecule has 2 amide bonds. The van der Waals surface area contributed by atoms with Crippen molar-refractivity contribution in [2.75, 3.05) is 32.8 Å². The van der Waals surface area contributed by atoms with Crippen molar-refractivity contribution < 1.29 is 14.3 Å². The molecule has 0 unspecified atom stereocenters. The number of ether oxygens (including phenoxy) is 1. The monoisotopic (exact) mass is 346 g/mol. The van der Waals surface area contributed by atoms with Crippen molar-refractivity contribution >= 4 is 11.8 Å². The molecule has 1 fully saturated rings. The van der Waals surface area contributed by atoms with Gasteiger partial charge in [-0.25, -0.2) is 0 Å². The van der Waals surface area contributed by atoms with Gasteiger partial charge in [-0.15, -0.1) is 0 Å². The van der Waals surface area contributed by atoms with Crippen LogP contribution in [0.3, 0.4) is 0 Å². The first kappa shape index (κ1) is 19.3. The van der Waals surface area contributed by atoms with Gasteiger partial charge in [0.25, 0.3) is 5.91 Å². The highest BCUT2D eigenvalue weighted by atomic mass is 16.5. The van der Waals surface area contributed by atoms with Crippen LogP contribution in [0.5, 0.6) is 5.75 Å². The summed E-state index contributed by atoms with van der Waals surface area (Å²) in [5.41, 5.74) is 3.28. The van der Waals surface area contributed by atoms with Crippen LogP contribution in [0.15, 0.2) is 12.1 Å². The fourth-order valence-corrected chi connectivity index (χ4v) is 3.13. The number of carbonyl (C=O) groups is 2. The molecule has 0 N–H and O–H groups in total. The lowest BCUT2D eigenvalue weighted by atomic mass is 10.1. The lowest BCUT2D eigenvalue weighted by Crippen LogP contribution is -2.40. The molecule has 0 saturated carbocycles. The summed E-state index contributed by atoms with van der Waals surface area (Å²) in [6, 6.07) is 4.08. The summed E-state index contributed by atoms with van der Waals surface area (Å²) in [6.45, 7) is 12.5. The van der Waals surface area contributed by atoms with Gasteiger partial charge >= 0.3 is 0 Å². The molecule has 0 spiro atoms. The van der Waals surface area contributed by atoms with E-state index in [2.05, 4.69) is 6.07 Å². The van der Waals surface area contributed by atoms with Gasteiger partial charge in [-0.2, -0.15) is 0 Å². The Morgan fingerprint density at radius 1 is 1.00 bits per heavy atom. The smallest absolute Gasteiger partial charge is 0.260 e. The highest BCUT2D eigenvalue weighted by Gasteiger charge is 2.23. The average Bonchev–Trinajstić information content (AvgIpc) is 2.83. The van der Waals surface area contributed by atoms with E-state index < -0.39 is 0 Å². The minimum Gasteiger partial charge on any atom is -0.483 e. The second-order valence-corrected chi connectivity index (χ2v) is 7.16. The van der Waals surface area contributed by atoms with E-state index in [9.17, 15) is 9.59 Å². The third-order valence-electron chi connectivity index (χ3n) is 4.87. The molecular weight excluding hydrogens is 316 g/mol. The molecule has 5 nitrogen and oxygen atoms in total. The predicted octanol–water partition coefficient (Wildman–Crippen LogP) is 2.71. The summed E-state index contributed by atoms with van der Waals surface area (Å²) in [4.78, 5) is 28.4. The fourth-order valence-electron chi connectivity index (χ4n) is 3.13. The molecule has 1 aromatic carbocycles. The number of rotatable bonds is 4. The van der Waals surface area contributed by atoms with E-state index in [0.29, 0.717) is 19.6 Å². The normalized spacial score (nSPS) is 15.3. The Morgan fingerprint density at radius 3 is 2.28 bits per heavy atom. The number of amides is 2. The molecule has 0 bridgehead atoms. The Bertz CT molecular complexity index is 640. The maximum atomic E-state index is 12.5. The zero-order valence-electron chi connectivity index (χ0n) is 16.1. The maximum Gasteiger partial charge on any atom is 0.260 e. The van der Waals surface area contributed by atoms with Crippen LogP contribution in [-0.2, 0) is 9.59 Å². The van der Waals surface area contributed by atoms with Gasteiger partial charge in [-0.05, 0) is 43.9 Å². The van der Waals surface area contributed by atoms with Gasteiger partial charge in [-0.3, -0.25) is 9.59 Å². The second kappa shape index (κ2) is 8.37. The van der Waals surface area contributed by atoms with Crippen LogP contribution in [0.25, 0.3) is 0 Å². The van der Waals surface area contributed by atoms with Gasteiger partial charge in [0.2, 0.25) is 5.91 Å². The molecule has 1 saturated heterocycles. The number of hydrogen-bond donors (Lipinski definition) is 0. The molecule has 138 valence electrons. The minimum atomic E-state index is -0.0147. The Labute approximate surface area is 150 Å². The van der Waals surface area contributed by atoms with E-state index in [1.807, 2.05) is 50.5 Å². The molecule has 1 heterocycles. The lowest BCUT2D eigenvalue weighted by molar-refractivity contribution is -0.136. The molecule has 0 atom stereocenters. The molecular formula is C20H30N2O3. The minimum absolute atomic E-state index is 0.00199. The van der Waals surface area contributed by atoms with Gasteiger partial charge in [0.05, 0.1) is 0 Å². The molecule has 0 aromatic heterocycles. The van der Waals surface area contributed by atoms with Gasteiger partial charge < -0.3 is 14.5 Å². The molecule has 1 aromatic rings. The average molecular weight is 346 g/mol.